The van der Waals surface area contributed by atoms with E-state index < -0.39 is 0 Å². The highest BCUT2D eigenvalue weighted by molar-refractivity contribution is 7.26. The molecule has 0 saturated heterocycles. The zero-order valence-corrected chi connectivity index (χ0v) is 27.8. The van der Waals surface area contributed by atoms with E-state index in [0.29, 0.717) is 17.5 Å². The van der Waals surface area contributed by atoms with Crippen LogP contribution in [-0.4, -0.2) is 15.0 Å². The highest BCUT2D eigenvalue weighted by atomic mass is 32.1. The zero-order valence-electron chi connectivity index (χ0n) is 27.0. The van der Waals surface area contributed by atoms with Crippen molar-refractivity contribution in [3.63, 3.8) is 0 Å². The topological polar surface area (TPSA) is 65.0 Å². The molecule has 0 aliphatic heterocycles. The van der Waals surface area contributed by atoms with Gasteiger partial charge in [0.05, 0.1) is 0 Å². The third-order valence-corrected chi connectivity index (χ3v) is 11.0. The van der Waals surface area contributed by atoms with E-state index >= 15 is 0 Å². The molecule has 4 aromatic heterocycles. The van der Waals surface area contributed by atoms with Crippen LogP contribution in [0.5, 0.6) is 0 Å². The zero-order chi connectivity index (χ0) is 33.5. The number of aromatic nitrogens is 3. The molecule has 7 aromatic carbocycles. The number of nitrogens with zero attached hydrogens (tertiary/aromatic N) is 3. The average Bonchev–Trinajstić information content (AvgIpc) is 3.88. The van der Waals surface area contributed by atoms with Gasteiger partial charge in [0, 0.05) is 58.4 Å². The summed E-state index contributed by atoms with van der Waals surface area (Å²) in [4.78, 5) is 15.2. The monoisotopic (exact) mass is 671 g/mol. The summed E-state index contributed by atoms with van der Waals surface area (Å²) in [6.07, 6.45) is 0. The summed E-state index contributed by atoms with van der Waals surface area (Å²) in [5.41, 5.74) is 8.44. The Morgan fingerprint density at radius 2 is 0.941 bits per heavy atom. The van der Waals surface area contributed by atoms with Crippen LogP contribution in [0.4, 0.5) is 0 Å². The third kappa shape index (κ3) is 4.50. The van der Waals surface area contributed by atoms with Crippen molar-refractivity contribution in [1.29, 1.82) is 0 Å². The third-order valence-electron chi connectivity index (χ3n) is 9.75. The van der Waals surface area contributed by atoms with E-state index in [0.717, 1.165) is 71.7 Å². The van der Waals surface area contributed by atoms with Gasteiger partial charge in [-0.25, -0.2) is 15.0 Å². The molecule has 238 valence electrons. The van der Waals surface area contributed by atoms with Crippen molar-refractivity contribution in [3.8, 4) is 45.3 Å². The molecule has 0 unspecified atom stereocenters. The lowest BCUT2D eigenvalue weighted by molar-refractivity contribution is 0.668. The van der Waals surface area contributed by atoms with Gasteiger partial charge in [-0.15, -0.1) is 11.3 Å². The van der Waals surface area contributed by atoms with Gasteiger partial charge in [0.2, 0.25) is 0 Å². The second-order valence-corrected chi connectivity index (χ2v) is 13.8. The summed E-state index contributed by atoms with van der Waals surface area (Å²) in [6, 6.07) is 52.2. The van der Waals surface area contributed by atoms with E-state index in [1.807, 2.05) is 54.6 Å². The number of para-hydroxylation sites is 1. The summed E-state index contributed by atoms with van der Waals surface area (Å²) < 4.78 is 14.9. The summed E-state index contributed by atoms with van der Waals surface area (Å²) in [7, 11) is 0. The molecule has 0 aliphatic rings. The largest absolute Gasteiger partial charge is 0.456 e. The predicted molar refractivity (Wildman–Crippen MR) is 209 cm³/mol. The number of furan rings is 2. The first-order valence-electron chi connectivity index (χ1n) is 16.8. The fraction of sp³-hybridized carbons (Fsp3) is 0. The quantitative estimate of drug-likeness (QED) is 0.186. The van der Waals surface area contributed by atoms with E-state index in [2.05, 4.69) is 97.1 Å². The molecular weight excluding hydrogens is 647 g/mol. The van der Waals surface area contributed by atoms with Gasteiger partial charge in [0.1, 0.15) is 22.3 Å². The minimum absolute atomic E-state index is 0.598. The molecule has 0 atom stereocenters. The van der Waals surface area contributed by atoms with E-state index in [1.165, 1.54) is 20.2 Å². The van der Waals surface area contributed by atoms with Crippen molar-refractivity contribution >= 4 is 75.4 Å². The maximum Gasteiger partial charge on any atom is 0.165 e. The molecule has 0 radical (unpaired) electrons. The number of hydrogen-bond donors (Lipinski definition) is 0. The Hall–Kier alpha value is -6.63. The normalized spacial score (nSPS) is 11.9. The van der Waals surface area contributed by atoms with Crippen LogP contribution in [-0.2, 0) is 0 Å². The fourth-order valence-corrected chi connectivity index (χ4v) is 8.48. The molecule has 0 amide bonds. The van der Waals surface area contributed by atoms with Crippen LogP contribution in [0.25, 0.3) is 109 Å². The van der Waals surface area contributed by atoms with Crippen molar-refractivity contribution in [3.05, 3.63) is 152 Å². The van der Waals surface area contributed by atoms with Crippen LogP contribution >= 0.6 is 11.3 Å². The first-order chi connectivity index (χ1) is 25.2. The summed E-state index contributed by atoms with van der Waals surface area (Å²) in [6.45, 7) is 0. The number of benzene rings is 7. The molecule has 0 N–H and O–H groups in total. The van der Waals surface area contributed by atoms with Crippen LogP contribution in [0.2, 0.25) is 0 Å². The van der Waals surface area contributed by atoms with Crippen molar-refractivity contribution in [2.75, 3.05) is 0 Å². The van der Waals surface area contributed by atoms with Crippen LogP contribution in [0.1, 0.15) is 0 Å². The highest BCUT2D eigenvalue weighted by Gasteiger charge is 2.18. The lowest BCUT2D eigenvalue weighted by Crippen LogP contribution is -2.00. The van der Waals surface area contributed by atoms with Gasteiger partial charge in [-0.1, -0.05) is 97.1 Å². The van der Waals surface area contributed by atoms with Gasteiger partial charge in [-0.3, -0.25) is 0 Å². The van der Waals surface area contributed by atoms with Crippen molar-refractivity contribution in [2.24, 2.45) is 0 Å². The molecule has 0 bridgehead atoms. The van der Waals surface area contributed by atoms with Crippen LogP contribution in [0.15, 0.2) is 160 Å². The van der Waals surface area contributed by atoms with Gasteiger partial charge < -0.3 is 8.83 Å². The SMILES string of the molecule is c1ccc(-c2nc(-c3ccc4c(c3)oc3ccc(-c5ccc6oc7ccccc7c6c5)cc34)nc(-c3cccc4c3sc3ccccc34)n2)cc1. The van der Waals surface area contributed by atoms with Gasteiger partial charge in [0.15, 0.2) is 17.5 Å². The molecule has 0 fully saturated rings. The molecule has 51 heavy (non-hydrogen) atoms. The Kier molecular flexibility index (Phi) is 6.05. The first kappa shape index (κ1) is 28.2. The molecule has 0 aliphatic carbocycles. The Bertz CT molecular complexity index is 3160. The van der Waals surface area contributed by atoms with E-state index in [-0.39, 0.29) is 0 Å². The lowest BCUT2D eigenvalue weighted by Gasteiger charge is -2.09. The molecule has 11 aromatic rings. The highest BCUT2D eigenvalue weighted by Crippen LogP contribution is 2.40. The summed E-state index contributed by atoms with van der Waals surface area (Å²) >= 11 is 1.77. The van der Waals surface area contributed by atoms with Crippen molar-refractivity contribution < 1.29 is 8.83 Å². The number of fused-ring (bicyclic) bond motifs is 9. The number of rotatable bonds is 4. The van der Waals surface area contributed by atoms with Gasteiger partial charge in [0.25, 0.3) is 0 Å². The molecule has 0 spiro atoms. The molecule has 4 heterocycles. The standard InChI is InChI=1S/C45H25N3O2S/c1-2-9-26(10-3-1)43-46-44(48-45(47-43)34-14-8-13-33-32-12-5-7-16-41(32)51-42(33)34)29-17-20-31-36-24-28(19-22-39(36)50-40(31)25-29)27-18-21-38-35(23-27)30-11-4-6-15-37(30)49-38/h1-25H. The van der Waals surface area contributed by atoms with Crippen molar-refractivity contribution in [1.82, 2.24) is 15.0 Å². The lowest BCUT2D eigenvalue weighted by atomic mass is 10.0. The minimum atomic E-state index is 0.598. The smallest absolute Gasteiger partial charge is 0.165 e. The molecule has 11 rings (SSSR count). The summed E-state index contributed by atoms with van der Waals surface area (Å²) in [5.74, 6) is 1.87. The van der Waals surface area contributed by atoms with Gasteiger partial charge in [-0.05, 0) is 65.7 Å². The van der Waals surface area contributed by atoms with Crippen molar-refractivity contribution in [2.45, 2.75) is 0 Å². The Morgan fingerprint density at radius 1 is 0.353 bits per heavy atom. The maximum atomic E-state index is 6.46. The van der Waals surface area contributed by atoms with E-state index in [9.17, 15) is 0 Å². The second-order valence-electron chi connectivity index (χ2n) is 12.8. The molecule has 0 saturated carbocycles. The molecular formula is C45H25N3O2S. The first-order valence-corrected chi connectivity index (χ1v) is 17.7. The van der Waals surface area contributed by atoms with Crippen LogP contribution in [0, 0.1) is 0 Å². The Balaban J connectivity index is 1.05. The van der Waals surface area contributed by atoms with Crippen LogP contribution < -0.4 is 0 Å². The van der Waals surface area contributed by atoms with Crippen LogP contribution in [0.3, 0.4) is 0 Å². The fourth-order valence-electron chi connectivity index (χ4n) is 7.27. The maximum absolute atomic E-state index is 6.46. The molecule has 5 nitrogen and oxygen atoms in total. The average molecular weight is 672 g/mol. The van der Waals surface area contributed by atoms with E-state index in [1.54, 1.807) is 11.3 Å². The second kappa shape index (κ2) is 10.9. The van der Waals surface area contributed by atoms with Gasteiger partial charge >= 0.3 is 0 Å². The molecule has 6 heteroatoms. The van der Waals surface area contributed by atoms with Gasteiger partial charge in [-0.2, -0.15) is 0 Å². The van der Waals surface area contributed by atoms with E-state index in [4.69, 9.17) is 23.8 Å². The predicted octanol–water partition coefficient (Wildman–Crippen LogP) is 12.7. The minimum Gasteiger partial charge on any atom is -0.456 e. The summed E-state index contributed by atoms with van der Waals surface area (Å²) in [5, 5.41) is 6.78. The Morgan fingerprint density at radius 3 is 1.75 bits per heavy atom. The number of thiophene rings is 1. The number of hydrogen-bond acceptors (Lipinski definition) is 6. The Labute approximate surface area is 295 Å².